The molecule has 10 aromatic rings. The third kappa shape index (κ3) is 3.26. The Morgan fingerprint density at radius 1 is 0.432 bits per heavy atom. The van der Waals surface area contributed by atoms with Crippen molar-refractivity contribution in [1.29, 1.82) is 0 Å². The maximum Gasteiger partial charge on any atom is 0.235 e. The van der Waals surface area contributed by atoms with Crippen LogP contribution in [-0.2, 0) is 0 Å². The third-order valence-corrected chi connectivity index (χ3v) is 10.2. The lowest BCUT2D eigenvalue weighted by molar-refractivity contribution is 1.02. The van der Waals surface area contributed by atoms with Crippen molar-refractivity contribution in [2.24, 2.45) is 0 Å². The summed E-state index contributed by atoms with van der Waals surface area (Å²) < 4.78 is 4.64. The van der Waals surface area contributed by atoms with Crippen LogP contribution in [0.1, 0.15) is 0 Å². The second kappa shape index (κ2) is 8.96. The summed E-state index contributed by atoms with van der Waals surface area (Å²) in [5, 5.41) is 11.1. The third-order valence-electron chi connectivity index (χ3n) is 8.99. The molecule has 0 saturated carbocycles. The SMILES string of the molecule is c1ccc(-c2nc(-n3c4ccc5ccccc5c4c4c5ccccc5ccc43)nc3c2sc2c4ccccc4ccc32)cc1. The summed E-state index contributed by atoms with van der Waals surface area (Å²) in [6.45, 7) is 0. The molecule has 0 unspecified atom stereocenters. The highest BCUT2D eigenvalue weighted by Crippen LogP contribution is 2.44. The molecule has 0 spiro atoms. The highest BCUT2D eigenvalue weighted by molar-refractivity contribution is 7.27. The van der Waals surface area contributed by atoms with E-state index in [4.69, 9.17) is 9.97 Å². The number of fused-ring (bicyclic) bond motifs is 12. The molecule has 0 aliphatic carbocycles. The Morgan fingerprint density at radius 3 is 1.64 bits per heavy atom. The van der Waals surface area contributed by atoms with Gasteiger partial charge in [-0.05, 0) is 44.5 Å². The lowest BCUT2D eigenvalue weighted by Crippen LogP contribution is -2.02. The Balaban J connectivity index is 1.41. The molecule has 0 atom stereocenters. The largest absolute Gasteiger partial charge is 0.278 e. The van der Waals surface area contributed by atoms with Crippen molar-refractivity contribution in [2.75, 3.05) is 0 Å². The van der Waals surface area contributed by atoms with Crippen LogP contribution in [0.4, 0.5) is 0 Å². The van der Waals surface area contributed by atoms with Crippen molar-refractivity contribution in [3.63, 3.8) is 0 Å². The topological polar surface area (TPSA) is 30.7 Å². The van der Waals surface area contributed by atoms with Gasteiger partial charge in [-0.15, -0.1) is 11.3 Å². The first-order valence-corrected chi connectivity index (χ1v) is 15.7. The minimum atomic E-state index is 0.690. The van der Waals surface area contributed by atoms with E-state index in [1.165, 1.54) is 53.2 Å². The maximum absolute atomic E-state index is 5.42. The monoisotopic (exact) mass is 577 g/mol. The van der Waals surface area contributed by atoms with Gasteiger partial charge in [-0.3, -0.25) is 4.57 Å². The Hall–Kier alpha value is -5.58. The Labute approximate surface area is 256 Å². The molecule has 3 nitrogen and oxygen atoms in total. The molecule has 204 valence electrons. The highest BCUT2D eigenvalue weighted by Gasteiger charge is 2.22. The molecule has 10 rings (SSSR count). The minimum absolute atomic E-state index is 0.690. The fourth-order valence-electron chi connectivity index (χ4n) is 7.01. The average molecular weight is 578 g/mol. The van der Waals surface area contributed by atoms with Gasteiger partial charge in [-0.25, -0.2) is 9.97 Å². The van der Waals surface area contributed by atoms with Crippen molar-refractivity contribution in [2.45, 2.75) is 0 Å². The Morgan fingerprint density at radius 2 is 0.977 bits per heavy atom. The summed E-state index contributed by atoms with van der Waals surface area (Å²) in [6.07, 6.45) is 0. The maximum atomic E-state index is 5.42. The summed E-state index contributed by atoms with van der Waals surface area (Å²) in [5.41, 5.74) is 5.27. The van der Waals surface area contributed by atoms with E-state index in [9.17, 15) is 0 Å². The van der Waals surface area contributed by atoms with E-state index in [1.807, 2.05) is 0 Å². The molecular weight excluding hydrogens is 555 g/mol. The summed E-state index contributed by atoms with van der Waals surface area (Å²) in [7, 11) is 0. The van der Waals surface area contributed by atoms with Gasteiger partial charge in [-0.1, -0.05) is 127 Å². The van der Waals surface area contributed by atoms with Crippen LogP contribution in [0.3, 0.4) is 0 Å². The molecule has 0 aliphatic heterocycles. The van der Waals surface area contributed by atoms with Crippen molar-refractivity contribution in [1.82, 2.24) is 14.5 Å². The molecule has 0 fully saturated rings. The second-order valence-electron chi connectivity index (χ2n) is 11.4. The number of benzene rings is 7. The van der Waals surface area contributed by atoms with Crippen LogP contribution in [0, 0.1) is 0 Å². The van der Waals surface area contributed by atoms with Crippen LogP contribution >= 0.6 is 11.3 Å². The van der Waals surface area contributed by atoms with Crippen molar-refractivity contribution in [3.8, 4) is 17.2 Å². The molecule has 0 saturated heterocycles. The van der Waals surface area contributed by atoms with E-state index < -0.39 is 0 Å². The zero-order valence-electron chi connectivity index (χ0n) is 23.5. The summed E-state index contributed by atoms with van der Waals surface area (Å²) in [5.74, 6) is 0.690. The van der Waals surface area contributed by atoms with E-state index >= 15 is 0 Å². The molecule has 4 heteroatoms. The van der Waals surface area contributed by atoms with Gasteiger partial charge in [0.1, 0.15) is 0 Å². The van der Waals surface area contributed by atoms with Gasteiger partial charge in [0.25, 0.3) is 0 Å². The molecule has 0 radical (unpaired) electrons. The van der Waals surface area contributed by atoms with Gasteiger partial charge in [0.05, 0.1) is 26.9 Å². The summed E-state index contributed by atoms with van der Waals surface area (Å²) in [4.78, 5) is 10.8. The number of rotatable bonds is 2. The lowest BCUT2D eigenvalue weighted by Gasteiger charge is -2.10. The normalized spacial score (nSPS) is 12.1. The van der Waals surface area contributed by atoms with Gasteiger partial charge >= 0.3 is 0 Å². The highest BCUT2D eigenvalue weighted by atomic mass is 32.1. The van der Waals surface area contributed by atoms with Gasteiger partial charge < -0.3 is 0 Å². The quantitative estimate of drug-likeness (QED) is 0.205. The van der Waals surface area contributed by atoms with Gasteiger partial charge in [0, 0.05) is 26.4 Å². The smallest absolute Gasteiger partial charge is 0.235 e. The fourth-order valence-corrected chi connectivity index (χ4v) is 8.30. The minimum Gasteiger partial charge on any atom is -0.278 e. The van der Waals surface area contributed by atoms with E-state index in [1.54, 1.807) is 11.3 Å². The van der Waals surface area contributed by atoms with Crippen molar-refractivity contribution in [3.05, 3.63) is 140 Å². The van der Waals surface area contributed by atoms with Crippen LogP contribution in [0.15, 0.2) is 140 Å². The molecule has 7 aromatic carbocycles. The number of aromatic nitrogens is 3. The Bertz CT molecular complexity index is 2680. The average Bonchev–Trinajstić information content (AvgIpc) is 3.65. The lowest BCUT2D eigenvalue weighted by atomic mass is 10.00. The van der Waals surface area contributed by atoms with Crippen LogP contribution in [-0.4, -0.2) is 14.5 Å². The van der Waals surface area contributed by atoms with Crippen molar-refractivity contribution >= 4 is 85.8 Å². The van der Waals surface area contributed by atoms with E-state index in [0.717, 1.165) is 32.5 Å². The van der Waals surface area contributed by atoms with Gasteiger partial charge in [-0.2, -0.15) is 0 Å². The van der Waals surface area contributed by atoms with Crippen LogP contribution in [0.5, 0.6) is 0 Å². The first kappa shape index (κ1) is 23.9. The van der Waals surface area contributed by atoms with Crippen LogP contribution in [0.25, 0.3) is 91.6 Å². The molecule has 0 bridgehead atoms. The molecule has 0 aliphatic rings. The zero-order valence-corrected chi connectivity index (χ0v) is 24.3. The van der Waals surface area contributed by atoms with Crippen LogP contribution < -0.4 is 0 Å². The molecule has 44 heavy (non-hydrogen) atoms. The van der Waals surface area contributed by atoms with E-state index in [2.05, 4.69) is 144 Å². The fraction of sp³-hybridized carbons (Fsp3) is 0. The molecule has 3 heterocycles. The number of thiophene rings is 1. The molecule has 3 aromatic heterocycles. The zero-order chi connectivity index (χ0) is 28.8. The molecule has 0 N–H and O–H groups in total. The van der Waals surface area contributed by atoms with Gasteiger partial charge in [0.2, 0.25) is 5.95 Å². The summed E-state index contributed by atoms with van der Waals surface area (Å²) >= 11 is 1.80. The number of hydrogen-bond donors (Lipinski definition) is 0. The molecular formula is C40H23N3S. The van der Waals surface area contributed by atoms with E-state index in [0.29, 0.717) is 5.95 Å². The standard InChI is InChI=1S/C40H23N3S/c1-2-13-27(14-3-1)36-39-37(31-21-18-26-12-6-9-17-30(26)38(31)44-39)42-40(41-36)43-32-22-19-24-10-4-7-15-28(24)34(32)35-29-16-8-5-11-25(29)20-23-33(35)43/h1-23H. The molecule has 0 amide bonds. The first-order valence-electron chi connectivity index (χ1n) is 14.8. The van der Waals surface area contributed by atoms with Gasteiger partial charge in [0.15, 0.2) is 0 Å². The number of nitrogens with zero attached hydrogens (tertiary/aromatic N) is 3. The number of hydrogen-bond acceptors (Lipinski definition) is 3. The second-order valence-corrected chi connectivity index (χ2v) is 12.4. The predicted molar refractivity (Wildman–Crippen MR) is 187 cm³/mol. The predicted octanol–water partition coefficient (Wildman–Crippen LogP) is 11.1. The Kier molecular flexibility index (Phi) is 4.87. The van der Waals surface area contributed by atoms with E-state index in [-0.39, 0.29) is 0 Å². The first-order chi connectivity index (χ1) is 21.8. The van der Waals surface area contributed by atoms with Crippen LogP contribution in [0.2, 0.25) is 0 Å². The van der Waals surface area contributed by atoms with Crippen molar-refractivity contribution < 1.29 is 0 Å². The summed E-state index contributed by atoms with van der Waals surface area (Å²) in [6, 6.07) is 49.9.